The molecule has 0 aromatic rings. The van der Waals surface area contributed by atoms with Crippen LogP contribution < -0.4 is 5.32 Å². The smallest absolute Gasteiger partial charge is 0.154 e. The van der Waals surface area contributed by atoms with Gasteiger partial charge >= 0.3 is 0 Å². The molecule has 3 atom stereocenters. The molecule has 3 unspecified atom stereocenters. The van der Waals surface area contributed by atoms with Crippen LogP contribution in [0.25, 0.3) is 0 Å². The molecule has 1 saturated heterocycles. The van der Waals surface area contributed by atoms with Gasteiger partial charge in [0, 0.05) is 19.2 Å². The van der Waals surface area contributed by atoms with E-state index >= 15 is 0 Å². The first-order valence-corrected chi connectivity index (χ1v) is 6.94. The van der Waals surface area contributed by atoms with Crippen LogP contribution in [-0.4, -0.2) is 56.9 Å². The molecule has 0 radical (unpaired) electrons. The number of hydrogen-bond acceptors (Lipinski definition) is 5. The van der Waals surface area contributed by atoms with Gasteiger partial charge < -0.3 is 15.2 Å². The first-order valence-electron chi connectivity index (χ1n) is 5.12. The molecule has 0 spiro atoms. The second-order valence-electron chi connectivity index (χ2n) is 3.98. The van der Waals surface area contributed by atoms with Gasteiger partial charge in [-0.15, -0.1) is 0 Å². The number of rotatable bonds is 5. The molecule has 1 aliphatic heterocycles. The number of ether oxygens (including phenoxy) is 1. The number of aliphatic hydroxyl groups excluding tert-OH is 1. The molecule has 0 aromatic carbocycles. The van der Waals surface area contributed by atoms with Gasteiger partial charge in [0.2, 0.25) is 0 Å². The Labute approximate surface area is 90.7 Å². The standard InChI is InChI=1S/C9H19NO4S/c1-3-7(4-14-2)10-8-5-15(12,13)6-9(8)11/h7-11H,3-6H2,1-2H3. The minimum atomic E-state index is -3.07. The molecule has 1 aliphatic rings. The van der Waals surface area contributed by atoms with E-state index in [1.165, 1.54) is 0 Å². The van der Waals surface area contributed by atoms with Crippen molar-refractivity contribution in [3.63, 3.8) is 0 Å². The van der Waals surface area contributed by atoms with Crippen LogP contribution in [0.4, 0.5) is 0 Å². The van der Waals surface area contributed by atoms with Gasteiger partial charge in [-0.3, -0.25) is 0 Å². The van der Waals surface area contributed by atoms with E-state index in [1.807, 2.05) is 6.92 Å². The molecule has 6 heteroatoms. The van der Waals surface area contributed by atoms with Crippen molar-refractivity contribution < 1.29 is 18.3 Å². The highest BCUT2D eigenvalue weighted by Crippen LogP contribution is 2.13. The van der Waals surface area contributed by atoms with E-state index in [4.69, 9.17) is 4.74 Å². The Morgan fingerprint density at radius 3 is 2.60 bits per heavy atom. The summed E-state index contributed by atoms with van der Waals surface area (Å²) in [7, 11) is -1.46. The Morgan fingerprint density at radius 1 is 1.53 bits per heavy atom. The first kappa shape index (κ1) is 12.9. The van der Waals surface area contributed by atoms with Gasteiger partial charge in [-0.2, -0.15) is 0 Å². The summed E-state index contributed by atoms with van der Waals surface area (Å²) in [6.45, 7) is 2.52. The third-order valence-electron chi connectivity index (χ3n) is 2.63. The fraction of sp³-hybridized carbons (Fsp3) is 1.00. The third-order valence-corrected chi connectivity index (χ3v) is 4.35. The molecular weight excluding hydrogens is 218 g/mol. The molecule has 0 aliphatic carbocycles. The minimum Gasteiger partial charge on any atom is -0.390 e. The molecule has 1 heterocycles. The highest BCUT2D eigenvalue weighted by atomic mass is 32.2. The van der Waals surface area contributed by atoms with Crippen LogP contribution in [0.5, 0.6) is 0 Å². The molecule has 15 heavy (non-hydrogen) atoms. The van der Waals surface area contributed by atoms with Gasteiger partial charge in [0.25, 0.3) is 0 Å². The molecule has 90 valence electrons. The predicted octanol–water partition coefficient (Wildman–Crippen LogP) is -0.841. The van der Waals surface area contributed by atoms with Crippen LogP contribution in [0.1, 0.15) is 13.3 Å². The van der Waals surface area contributed by atoms with Crippen molar-refractivity contribution in [1.29, 1.82) is 0 Å². The van der Waals surface area contributed by atoms with Gasteiger partial charge in [0.1, 0.15) is 0 Å². The maximum absolute atomic E-state index is 11.2. The van der Waals surface area contributed by atoms with Crippen LogP contribution in [0, 0.1) is 0 Å². The van der Waals surface area contributed by atoms with Crippen molar-refractivity contribution in [3.05, 3.63) is 0 Å². The Bertz CT molecular complexity index is 290. The molecule has 0 aromatic heterocycles. The summed E-state index contributed by atoms with van der Waals surface area (Å²) in [5, 5.41) is 12.7. The summed E-state index contributed by atoms with van der Waals surface area (Å²) in [4.78, 5) is 0. The fourth-order valence-corrected chi connectivity index (χ4v) is 3.53. The van der Waals surface area contributed by atoms with E-state index in [1.54, 1.807) is 7.11 Å². The molecule has 2 N–H and O–H groups in total. The maximum atomic E-state index is 11.2. The zero-order valence-electron chi connectivity index (χ0n) is 9.14. The summed E-state index contributed by atoms with van der Waals surface area (Å²) in [5.41, 5.74) is 0. The molecule has 5 nitrogen and oxygen atoms in total. The topological polar surface area (TPSA) is 75.6 Å². The highest BCUT2D eigenvalue weighted by Gasteiger charge is 2.36. The van der Waals surface area contributed by atoms with Gasteiger partial charge in [-0.05, 0) is 6.42 Å². The van der Waals surface area contributed by atoms with Crippen LogP contribution in [0.15, 0.2) is 0 Å². The second-order valence-corrected chi connectivity index (χ2v) is 6.13. The van der Waals surface area contributed by atoms with E-state index in [9.17, 15) is 13.5 Å². The van der Waals surface area contributed by atoms with E-state index in [-0.39, 0.29) is 23.6 Å². The highest BCUT2D eigenvalue weighted by molar-refractivity contribution is 7.91. The van der Waals surface area contributed by atoms with Crippen LogP contribution in [0.2, 0.25) is 0 Å². The van der Waals surface area contributed by atoms with Gasteiger partial charge in [0.15, 0.2) is 9.84 Å². The Morgan fingerprint density at radius 2 is 2.20 bits per heavy atom. The molecule has 1 rings (SSSR count). The normalized spacial score (nSPS) is 31.7. The van der Waals surface area contributed by atoms with E-state index in [0.717, 1.165) is 6.42 Å². The lowest BCUT2D eigenvalue weighted by molar-refractivity contribution is 0.126. The van der Waals surface area contributed by atoms with Crippen molar-refractivity contribution >= 4 is 9.84 Å². The van der Waals surface area contributed by atoms with Crippen LogP contribution in [-0.2, 0) is 14.6 Å². The SMILES string of the molecule is CCC(COC)NC1CS(=O)(=O)CC1O. The molecule has 0 bridgehead atoms. The minimum absolute atomic E-state index is 0.0222. The van der Waals surface area contributed by atoms with Crippen LogP contribution in [0.3, 0.4) is 0 Å². The lowest BCUT2D eigenvalue weighted by Gasteiger charge is -2.22. The summed E-state index contributed by atoms with van der Waals surface area (Å²) >= 11 is 0. The van der Waals surface area contributed by atoms with Crippen molar-refractivity contribution in [2.45, 2.75) is 31.5 Å². The first-order chi connectivity index (χ1) is 6.98. The number of nitrogens with one attached hydrogen (secondary N) is 1. The Hall–Kier alpha value is -0.170. The second kappa shape index (κ2) is 5.25. The Kier molecular flexibility index (Phi) is 4.51. The molecule has 1 fully saturated rings. The predicted molar refractivity (Wildman–Crippen MR) is 57.5 cm³/mol. The lowest BCUT2D eigenvalue weighted by atomic mass is 10.1. The summed E-state index contributed by atoms with van der Waals surface area (Å²) < 4.78 is 27.5. The number of hydrogen-bond donors (Lipinski definition) is 2. The summed E-state index contributed by atoms with van der Waals surface area (Å²) in [5.74, 6) is -0.109. The Balaban J connectivity index is 2.51. The van der Waals surface area contributed by atoms with Crippen molar-refractivity contribution in [2.75, 3.05) is 25.2 Å². The van der Waals surface area contributed by atoms with Crippen molar-refractivity contribution in [1.82, 2.24) is 5.32 Å². The van der Waals surface area contributed by atoms with Crippen molar-refractivity contribution in [3.8, 4) is 0 Å². The third kappa shape index (κ3) is 3.71. The van der Waals surface area contributed by atoms with E-state index in [2.05, 4.69) is 5.32 Å². The average molecular weight is 237 g/mol. The van der Waals surface area contributed by atoms with Crippen LogP contribution >= 0.6 is 0 Å². The summed E-state index contributed by atoms with van der Waals surface area (Å²) in [6.07, 6.45) is 0.0535. The van der Waals surface area contributed by atoms with Gasteiger partial charge in [-0.25, -0.2) is 8.42 Å². The average Bonchev–Trinajstić information content (AvgIpc) is 2.39. The van der Waals surface area contributed by atoms with Gasteiger partial charge in [0.05, 0.1) is 24.2 Å². The lowest BCUT2D eigenvalue weighted by Crippen LogP contribution is -2.46. The number of aliphatic hydroxyl groups is 1. The largest absolute Gasteiger partial charge is 0.390 e. The zero-order chi connectivity index (χ0) is 11.5. The monoisotopic (exact) mass is 237 g/mol. The molecule has 0 amide bonds. The maximum Gasteiger partial charge on any atom is 0.154 e. The zero-order valence-corrected chi connectivity index (χ0v) is 9.96. The summed E-state index contributed by atoms with van der Waals surface area (Å²) in [6, 6.07) is -0.252. The molecule has 0 saturated carbocycles. The number of sulfone groups is 1. The number of methoxy groups -OCH3 is 1. The van der Waals surface area contributed by atoms with E-state index < -0.39 is 15.9 Å². The quantitative estimate of drug-likeness (QED) is 0.652. The van der Waals surface area contributed by atoms with Gasteiger partial charge in [-0.1, -0.05) is 6.92 Å². The van der Waals surface area contributed by atoms with E-state index in [0.29, 0.717) is 6.61 Å². The molecular formula is C9H19NO4S. The van der Waals surface area contributed by atoms with Crippen molar-refractivity contribution in [2.24, 2.45) is 0 Å². The fourth-order valence-electron chi connectivity index (χ4n) is 1.78.